The molecule has 0 radical (unpaired) electrons. The lowest BCUT2D eigenvalue weighted by Crippen LogP contribution is -2.24. The Labute approximate surface area is 104 Å². The zero-order chi connectivity index (χ0) is 12.6. The molecule has 4 nitrogen and oxygen atoms in total. The largest absolute Gasteiger partial charge is 0.379 e. The van der Waals surface area contributed by atoms with Crippen LogP contribution in [0.5, 0.6) is 0 Å². The second-order valence-electron chi connectivity index (χ2n) is 4.85. The molecule has 0 aliphatic carbocycles. The summed E-state index contributed by atoms with van der Waals surface area (Å²) in [6, 6.07) is 2.15. The first-order valence-electron chi connectivity index (χ1n) is 6.40. The van der Waals surface area contributed by atoms with Crippen LogP contribution in [-0.4, -0.2) is 31.7 Å². The van der Waals surface area contributed by atoms with Gasteiger partial charge in [-0.05, 0) is 26.7 Å². The van der Waals surface area contributed by atoms with Gasteiger partial charge in [-0.3, -0.25) is 0 Å². The molecule has 1 aliphatic rings. The lowest BCUT2D eigenvalue weighted by molar-refractivity contribution is -0.145. The highest BCUT2D eigenvalue weighted by Gasteiger charge is 2.32. The van der Waals surface area contributed by atoms with Crippen LogP contribution in [0.4, 0.5) is 0 Å². The van der Waals surface area contributed by atoms with Crippen LogP contribution in [0.25, 0.3) is 0 Å². The molecule has 0 bridgehead atoms. The van der Waals surface area contributed by atoms with Crippen LogP contribution in [0, 0.1) is 11.3 Å². The number of rotatable bonds is 8. The third-order valence-corrected chi connectivity index (χ3v) is 2.70. The zero-order valence-electron chi connectivity index (χ0n) is 10.9. The third kappa shape index (κ3) is 6.62. The summed E-state index contributed by atoms with van der Waals surface area (Å²) in [6.07, 6.45) is 5.06. The van der Waals surface area contributed by atoms with Crippen LogP contribution in [0.3, 0.4) is 0 Å². The van der Waals surface area contributed by atoms with E-state index in [2.05, 4.69) is 6.07 Å². The van der Waals surface area contributed by atoms with Gasteiger partial charge in [-0.25, -0.2) is 0 Å². The van der Waals surface area contributed by atoms with Crippen LogP contribution < -0.4 is 0 Å². The maximum Gasteiger partial charge on any atom is 0.163 e. The number of hydrogen-bond donors (Lipinski definition) is 0. The van der Waals surface area contributed by atoms with Crippen LogP contribution in [-0.2, 0) is 14.2 Å². The molecule has 0 aromatic carbocycles. The van der Waals surface area contributed by atoms with Crippen molar-refractivity contribution in [2.45, 2.75) is 57.8 Å². The van der Waals surface area contributed by atoms with E-state index in [1.165, 1.54) is 0 Å². The minimum absolute atomic E-state index is 0.0728. The molecule has 1 aliphatic heterocycles. The molecule has 0 unspecified atom stereocenters. The highest BCUT2D eigenvalue weighted by molar-refractivity contribution is 4.70. The summed E-state index contributed by atoms with van der Waals surface area (Å²) in [6.45, 7) is 5.84. The number of ether oxygens (including phenoxy) is 3. The van der Waals surface area contributed by atoms with Crippen molar-refractivity contribution in [3.63, 3.8) is 0 Å². The summed E-state index contributed by atoms with van der Waals surface area (Å²) in [5.41, 5.74) is 0. The van der Waals surface area contributed by atoms with E-state index in [4.69, 9.17) is 19.5 Å². The fraction of sp³-hybridized carbons (Fsp3) is 0.923. The Morgan fingerprint density at radius 1 is 1.29 bits per heavy atom. The average Bonchev–Trinajstić information content (AvgIpc) is 2.62. The molecule has 0 aromatic heterocycles. The number of nitrogens with zero attached hydrogens (tertiary/aromatic N) is 1. The van der Waals surface area contributed by atoms with Crippen molar-refractivity contribution >= 4 is 0 Å². The van der Waals surface area contributed by atoms with Crippen molar-refractivity contribution in [2.75, 3.05) is 19.8 Å². The molecule has 1 saturated heterocycles. The van der Waals surface area contributed by atoms with Crippen LogP contribution in [0.1, 0.15) is 46.0 Å². The summed E-state index contributed by atoms with van der Waals surface area (Å²) >= 11 is 0. The Hall–Kier alpha value is -0.630. The second kappa shape index (κ2) is 7.65. The van der Waals surface area contributed by atoms with Crippen molar-refractivity contribution in [1.82, 2.24) is 0 Å². The van der Waals surface area contributed by atoms with E-state index in [9.17, 15) is 0 Å². The fourth-order valence-electron chi connectivity index (χ4n) is 1.82. The Balaban J connectivity index is 1.87. The highest BCUT2D eigenvalue weighted by Crippen LogP contribution is 2.22. The molecule has 0 N–H and O–H groups in total. The summed E-state index contributed by atoms with van der Waals surface area (Å²) < 4.78 is 16.6. The predicted molar refractivity (Wildman–Crippen MR) is 64.4 cm³/mol. The minimum Gasteiger partial charge on any atom is -0.379 e. The molecular weight excluding hydrogens is 218 g/mol. The van der Waals surface area contributed by atoms with Gasteiger partial charge < -0.3 is 14.2 Å². The topological polar surface area (TPSA) is 51.5 Å². The average molecular weight is 241 g/mol. The summed E-state index contributed by atoms with van der Waals surface area (Å²) in [4.78, 5) is 0. The van der Waals surface area contributed by atoms with Gasteiger partial charge in [0, 0.05) is 13.0 Å². The Morgan fingerprint density at radius 3 is 2.71 bits per heavy atom. The molecule has 0 spiro atoms. The van der Waals surface area contributed by atoms with Gasteiger partial charge in [-0.15, -0.1) is 0 Å². The van der Waals surface area contributed by atoms with Gasteiger partial charge in [0.15, 0.2) is 5.79 Å². The first-order chi connectivity index (χ1) is 8.14. The maximum atomic E-state index is 8.37. The number of unbranched alkanes of at least 4 members (excludes halogenated alkanes) is 4. The quantitative estimate of drug-likeness (QED) is 0.613. The van der Waals surface area contributed by atoms with E-state index in [0.717, 1.165) is 32.3 Å². The Kier molecular flexibility index (Phi) is 6.49. The number of hydrogen-bond acceptors (Lipinski definition) is 4. The summed E-state index contributed by atoms with van der Waals surface area (Å²) in [7, 11) is 0. The zero-order valence-corrected chi connectivity index (χ0v) is 10.9. The van der Waals surface area contributed by atoms with Gasteiger partial charge in [0.25, 0.3) is 0 Å². The van der Waals surface area contributed by atoms with Gasteiger partial charge in [-0.2, -0.15) is 5.26 Å². The molecule has 1 rings (SSSR count). The molecule has 0 amide bonds. The van der Waals surface area contributed by atoms with Gasteiger partial charge >= 0.3 is 0 Å². The van der Waals surface area contributed by atoms with Gasteiger partial charge in [0.1, 0.15) is 6.10 Å². The van der Waals surface area contributed by atoms with Crippen molar-refractivity contribution in [2.24, 2.45) is 0 Å². The van der Waals surface area contributed by atoms with Gasteiger partial charge in [0.05, 0.1) is 19.3 Å². The van der Waals surface area contributed by atoms with E-state index in [1.54, 1.807) is 0 Å². The Bertz CT molecular complexity index is 248. The van der Waals surface area contributed by atoms with Crippen molar-refractivity contribution in [3.05, 3.63) is 0 Å². The molecule has 0 saturated carbocycles. The smallest absolute Gasteiger partial charge is 0.163 e. The Morgan fingerprint density at radius 2 is 2.06 bits per heavy atom. The van der Waals surface area contributed by atoms with Gasteiger partial charge in [0.2, 0.25) is 0 Å². The van der Waals surface area contributed by atoms with E-state index in [1.807, 2.05) is 13.8 Å². The fourth-order valence-corrected chi connectivity index (χ4v) is 1.82. The van der Waals surface area contributed by atoms with Gasteiger partial charge in [-0.1, -0.05) is 12.8 Å². The number of nitriles is 1. The summed E-state index contributed by atoms with van der Waals surface area (Å²) in [5.74, 6) is -0.453. The summed E-state index contributed by atoms with van der Waals surface area (Å²) in [5, 5.41) is 8.37. The molecule has 98 valence electrons. The molecule has 1 atom stereocenters. The van der Waals surface area contributed by atoms with E-state index in [0.29, 0.717) is 19.6 Å². The van der Waals surface area contributed by atoms with Crippen molar-refractivity contribution < 1.29 is 14.2 Å². The minimum atomic E-state index is -0.453. The normalized spacial score (nSPS) is 22.5. The van der Waals surface area contributed by atoms with Crippen molar-refractivity contribution in [1.29, 1.82) is 5.26 Å². The van der Waals surface area contributed by atoms with Crippen LogP contribution in [0.15, 0.2) is 0 Å². The first-order valence-corrected chi connectivity index (χ1v) is 6.40. The standard InChI is InChI=1S/C13H23NO3/c1-13(2)16-11-12(17-13)10-15-9-7-5-3-4-6-8-14/h12H,3-7,9-11H2,1-2H3/t12-/m1/s1. The van der Waals surface area contributed by atoms with Crippen LogP contribution >= 0.6 is 0 Å². The molecule has 4 heteroatoms. The molecule has 1 heterocycles. The molecule has 17 heavy (non-hydrogen) atoms. The molecular formula is C13H23NO3. The van der Waals surface area contributed by atoms with E-state index >= 15 is 0 Å². The van der Waals surface area contributed by atoms with E-state index < -0.39 is 5.79 Å². The first kappa shape index (κ1) is 14.4. The molecule has 1 fully saturated rings. The molecule has 0 aromatic rings. The predicted octanol–water partition coefficient (Wildman–Crippen LogP) is 2.63. The lowest BCUT2D eigenvalue weighted by Gasteiger charge is -2.17. The lowest BCUT2D eigenvalue weighted by atomic mass is 10.2. The van der Waals surface area contributed by atoms with Crippen LogP contribution in [0.2, 0.25) is 0 Å². The monoisotopic (exact) mass is 241 g/mol. The van der Waals surface area contributed by atoms with Crippen molar-refractivity contribution in [3.8, 4) is 6.07 Å². The second-order valence-corrected chi connectivity index (χ2v) is 4.85. The maximum absolute atomic E-state index is 8.37. The SMILES string of the molecule is CC1(C)OC[C@@H](COCCCCCCC#N)O1. The van der Waals surface area contributed by atoms with E-state index in [-0.39, 0.29) is 6.10 Å². The highest BCUT2D eigenvalue weighted by atomic mass is 16.7. The third-order valence-electron chi connectivity index (χ3n) is 2.70.